The molecule has 1 N–H and O–H groups in total. The van der Waals surface area contributed by atoms with Crippen molar-refractivity contribution in [2.24, 2.45) is 5.41 Å². The van der Waals surface area contributed by atoms with E-state index in [1.165, 1.54) is 11.8 Å². The molecule has 14 heavy (non-hydrogen) atoms. The highest BCUT2D eigenvalue weighted by Gasteiger charge is 2.31. The van der Waals surface area contributed by atoms with Gasteiger partial charge < -0.3 is 5.11 Å². The van der Waals surface area contributed by atoms with Crippen LogP contribution in [-0.4, -0.2) is 20.5 Å². The summed E-state index contributed by atoms with van der Waals surface area (Å²) in [7, 11) is 0. The maximum absolute atomic E-state index is 9.08. The van der Waals surface area contributed by atoms with Gasteiger partial charge >= 0.3 is 0 Å². The topological polar surface area (TPSA) is 44.0 Å². The lowest BCUT2D eigenvalue weighted by molar-refractivity contribution is 0.258. The van der Waals surface area contributed by atoms with E-state index in [4.69, 9.17) is 22.6 Å². The number of rotatable bonds is 5. The van der Waals surface area contributed by atoms with Gasteiger partial charge in [0.1, 0.15) is 3.53 Å². The monoisotopic (exact) mass is 249 g/mol. The van der Waals surface area contributed by atoms with Crippen molar-refractivity contribution in [2.75, 3.05) is 6.61 Å². The molecule has 0 spiro atoms. The number of thiol groups is 1. The number of nitriles is 1. The second-order valence-electron chi connectivity index (χ2n) is 3.38. The Bertz CT molecular complexity index is 239. The van der Waals surface area contributed by atoms with Gasteiger partial charge in [-0.15, -0.1) is 24.4 Å². The molecule has 0 fully saturated rings. The van der Waals surface area contributed by atoms with Gasteiger partial charge in [-0.1, -0.05) is 19.1 Å². The van der Waals surface area contributed by atoms with Crippen LogP contribution in [0.15, 0.2) is 0 Å². The minimum atomic E-state index is -0.444. The second-order valence-corrected chi connectivity index (χ2v) is 6.45. The molecule has 0 aromatic heterocycles. The minimum absolute atomic E-state index is 0.101. The number of thioether (sulfide) groups is 1. The summed E-state index contributed by atoms with van der Waals surface area (Å²) in [6.07, 6.45) is 1.33. The molecule has 2 unspecified atom stereocenters. The van der Waals surface area contributed by atoms with Crippen LogP contribution >= 0.6 is 36.6 Å². The zero-order chi connectivity index (χ0) is 11.2. The highest BCUT2D eigenvalue weighted by Crippen LogP contribution is 2.35. The fourth-order valence-corrected chi connectivity index (χ4v) is 2.72. The summed E-state index contributed by atoms with van der Waals surface area (Å²) in [5.41, 5.74) is -0.444. The molecule has 0 radical (unpaired) electrons. The number of hydrogen-bond acceptors (Lipinski definition) is 4. The van der Waals surface area contributed by atoms with Crippen LogP contribution in [0, 0.1) is 16.7 Å². The van der Waals surface area contributed by atoms with Crippen LogP contribution in [0.1, 0.15) is 26.7 Å². The van der Waals surface area contributed by atoms with Crippen LogP contribution in [0.25, 0.3) is 0 Å². The Morgan fingerprint density at radius 3 is 2.71 bits per heavy atom. The summed E-state index contributed by atoms with van der Waals surface area (Å²) in [4.78, 5) is 0. The summed E-state index contributed by atoms with van der Waals surface area (Å²) in [5, 5.41) is 17.9. The number of nitrogens with zero attached hydrogens (tertiary/aromatic N) is 1. The number of aliphatic hydroxyl groups is 1. The van der Waals surface area contributed by atoms with Crippen molar-refractivity contribution in [3.8, 4) is 6.07 Å². The third kappa shape index (κ3) is 4.65. The molecule has 0 aromatic rings. The average molecular weight is 249 g/mol. The minimum Gasteiger partial charge on any atom is -0.396 e. The van der Waals surface area contributed by atoms with E-state index in [1.54, 1.807) is 0 Å². The van der Waals surface area contributed by atoms with Crippen LogP contribution < -0.4 is 0 Å². The first-order chi connectivity index (χ1) is 6.46. The Hall–Kier alpha value is 0.240. The van der Waals surface area contributed by atoms with E-state index in [0.717, 1.165) is 0 Å². The lowest BCUT2D eigenvalue weighted by atomic mass is 9.84. The lowest BCUT2D eigenvalue weighted by Gasteiger charge is -2.27. The molecule has 80 valence electrons. The first kappa shape index (κ1) is 14.2. The Balaban J connectivity index is 4.36. The fraction of sp³-hybridized carbons (Fsp3) is 0.778. The van der Waals surface area contributed by atoms with Crippen LogP contribution in [0.4, 0.5) is 0 Å². The van der Waals surface area contributed by atoms with Crippen LogP contribution in [-0.2, 0) is 0 Å². The van der Waals surface area contributed by atoms with Crippen LogP contribution in [0.3, 0.4) is 0 Å². The first-order valence-electron chi connectivity index (χ1n) is 4.38. The first-order valence-corrected chi connectivity index (χ1v) is 6.11. The standard InChI is InChI=1S/C9H15NOS3/c1-7(14-8(12)13)9(2,6-10)4-3-5-11/h7,11H,3-5H2,1-2H3,(H,12,13). The molecule has 0 aliphatic carbocycles. The van der Waals surface area contributed by atoms with E-state index in [9.17, 15) is 0 Å². The largest absolute Gasteiger partial charge is 0.396 e. The summed E-state index contributed by atoms with van der Waals surface area (Å²) in [6, 6.07) is 2.29. The highest BCUT2D eigenvalue weighted by molar-refractivity contribution is 8.41. The molecule has 5 heteroatoms. The summed E-state index contributed by atoms with van der Waals surface area (Å²) in [5.74, 6) is 0. The van der Waals surface area contributed by atoms with E-state index >= 15 is 0 Å². The van der Waals surface area contributed by atoms with Gasteiger partial charge in [-0.25, -0.2) is 0 Å². The molecule has 0 rings (SSSR count). The normalized spacial score (nSPS) is 16.8. The van der Waals surface area contributed by atoms with Crippen LogP contribution in [0.2, 0.25) is 0 Å². The van der Waals surface area contributed by atoms with Gasteiger partial charge in [0.25, 0.3) is 0 Å². The molecule has 0 heterocycles. The Labute approximate surface area is 100 Å². The summed E-state index contributed by atoms with van der Waals surface area (Å²) in [6.45, 7) is 3.99. The second kappa shape index (κ2) is 6.67. The number of hydrogen-bond donors (Lipinski definition) is 2. The van der Waals surface area contributed by atoms with Crippen LogP contribution in [0.5, 0.6) is 0 Å². The van der Waals surface area contributed by atoms with Gasteiger partial charge in [0, 0.05) is 11.9 Å². The van der Waals surface area contributed by atoms with Gasteiger partial charge in [-0.3, -0.25) is 0 Å². The molecule has 0 saturated heterocycles. The van der Waals surface area contributed by atoms with Crippen molar-refractivity contribution in [1.82, 2.24) is 0 Å². The zero-order valence-electron chi connectivity index (χ0n) is 8.36. The van der Waals surface area contributed by atoms with Gasteiger partial charge in [0.05, 0.1) is 11.5 Å². The van der Waals surface area contributed by atoms with Crippen molar-refractivity contribution in [2.45, 2.75) is 31.9 Å². The third-order valence-electron chi connectivity index (χ3n) is 2.28. The molecule has 0 amide bonds. The van der Waals surface area contributed by atoms with Gasteiger partial charge in [-0.2, -0.15) is 5.26 Å². The van der Waals surface area contributed by atoms with E-state index in [1.807, 2.05) is 13.8 Å². The van der Waals surface area contributed by atoms with E-state index in [2.05, 4.69) is 18.7 Å². The van der Waals surface area contributed by atoms with Gasteiger partial charge in [0.2, 0.25) is 0 Å². The Morgan fingerprint density at radius 2 is 2.36 bits per heavy atom. The highest BCUT2D eigenvalue weighted by atomic mass is 32.2. The maximum atomic E-state index is 9.08. The predicted molar refractivity (Wildman–Crippen MR) is 68.7 cm³/mol. The van der Waals surface area contributed by atoms with Crippen molar-refractivity contribution in [3.63, 3.8) is 0 Å². The van der Waals surface area contributed by atoms with Gasteiger partial charge in [0.15, 0.2) is 0 Å². The summed E-state index contributed by atoms with van der Waals surface area (Å²) < 4.78 is 0.558. The number of aliphatic hydroxyl groups excluding tert-OH is 1. The molecular weight excluding hydrogens is 234 g/mol. The lowest BCUT2D eigenvalue weighted by Crippen LogP contribution is -2.26. The van der Waals surface area contributed by atoms with Gasteiger partial charge in [-0.05, 0) is 19.8 Å². The molecule has 2 atom stereocenters. The molecule has 0 aromatic carbocycles. The SMILES string of the molecule is CC(SC(=S)S)C(C)(C#N)CCCO. The number of thiocarbonyl (C=S) groups is 1. The molecule has 0 bridgehead atoms. The quantitative estimate of drug-likeness (QED) is 0.581. The molecule has 0 aliphatic heterocycles. The average Bonchev–Trinajstić information content (AvgIpc) is 2.13. The fourth-order valence-electron chi connectivity index (χ4n) is 1.08. The third-order valence-corrected chi connectivity index (χ3v) is 3.96. The maximum Gasteiger partial charge on any atom is 0.101 e. The Morgan fingerprint density at radius 1 is 1.79 bits per heavy atom. The smallest absolute Gasteiger partial charge is 0.101 e. The van der Waals surface area contributed by atoms with Crippen molar-refractivity contribution in [1.29, 1.82) is 5.26 Å². The predicted octanol–water partition coefficient (Wildman–Crippen LogP) is 2.63. The molecule has 0 aliphatic rings. The Kier molecular flexibility index (Phi) is 6.79. The van der Waals surface area contributed by atoms with E-state index < -0.39 is 5.41 Å². The van der Waals surface area contributed by atoms with E-state index in [0.29, 0.717) is 16.4 Å². The molecule has 2 nitrogen and oxygen atoms in total. The van der Waals surface area contributed by atoms with E-state index in [-0.39, 0.29) is 11.9 Å². The van der Waals surface area contributed by atoms with Crippen molar-refractivity contribution >= 4 is 40.1 Å². The van der Waals surface area contributed by atoms with Crippen molar-refractivity contribution < 1.29 is 5.11 Å². The molecular formula is C9H15NOS3. The molecule has 0 saturated carbocycles. The summed E-state index contributed by atoms with van der Waals surface area (Å²) >= 11 is 10.3. The van der Waals surface area contributed by atoms with Crippen molar-refractivity contribution in [3.05, 3.63) is 0 Å². The zero-order valence-corrected chi connectivity index (χ0v) is 10.9.